The number of terminal acetylenes is 1. The lowest BCUT2D eigenvalue weighted by molar-refractivity contribution is -0.147. The van der Waals surface area contributed by atoms with Crippen LogP contribution < -0.4 is 0 Å². The minimum absolute atomic E-state index is 0.108. The number of hydrogen-bond donors (Lipinski definition) is 0. The molecular formula is C20H32O2. The van der Waals surface area contributed by atoms with Crippen LogP contribution in [0.3, 0.4) is 0 Å². The fourth-order valence-electron chi connectivity index (χ4n) is 2.20. The molecule has 0 aliphatic carbocycles. The van der Waals surface area contributed by atoms with Gasteiger partial charge >= 0.3 is 5.97 Å². The summed E-state index contributed by atoms with van der Waals surface area (Å²) < 4.78 is 5.49. The molecule has 0 saturated heterocycles. The van der Waals surface area contributed by atoms with Crippen molar-refractivity contribution < 1.29 is 9.53 Å². The Morgan fingerprint density at radius 3 is 2.32 bits per heavy atom. The van der Waals surface area contributed by atoms with Crippen molar-refractivity contribution in [1.82, 2.24) is 0 Å². The van der Waals surface area contributed by atoms with Gasteiger partial charge in [0.05, 0.1) is 0 Å². The molecular weight excluding hydrogens is 272 g/mol. The first-order chi connectivity index (χ1) is 10.6. The molecule has 0 amide bonds. The van der Waals surface area contributed by atoms with E-state index in [2.05, 4.69) is 31.6 Å². The molecule has 0 bridgehead atoms. The first kappa shape index (κ1) is 20.6. The minimum atomic E-state index is -0.240. The van der Waals surface area contributed by atoms with E-state index in [0.717, 1.165) is 38.5 Å². The second kappa shape index (κ2) is 14.5. The van der Waals surface area contributed by atoms with Crippen LogP contribution >= 0.6 is 0 Å². The Morgan fingerprint density at radius 1 is 1.09 bits per heavy atom. The molecule has 0 fully saturated rings. The first-order valence-electron chi connectivity index (χ1n) is 8.71. The third-order valence-electron chi connectivity index (χ3n) is 3.35. The molecule has 0 radical (unpaired) electrons. The van der Waals surface area contributed by atoms with Gasteiger partial charge in [-0.1, -0.05) is 58.3 Å². The molecule has 2 heteroatoms. The predicted molar refractivity (Wildman–Crippen MR) is 93.2 cm³/mol. The minimum Gasteiger partial charge on any atom is -0.449 e. The topological polar surface area (TPSA) is 26.3 Å². The van der Waals surface area contributed by atoms with Crippen molar-refractivity contribution in [1.29, 1.82) is 0 Å². The van der Waals surface area contributed by atoms with Gasteiger partial charge in [0, 0.05) is 19.3 Å². The van der Waals surface area contributed by atoms with Gasteiger partial charge in [-0.3, -0.25) is 4.79 Å². The Bertz CT molecular complexity index is 379. The summed E-state index contributed by atoms with van der Waals surface area (Å²) in [6.45, 7) is 6.24. The molecule has 0 saturated carbocycles. The van der Waals surface area contributed by atoms with Crippen molar-refractivity contribution in [2.24, 2.45) is 5.92 Å². The van der Waals surface area contributed by atoms with Gasteiger partial charge in [-0.2, -0.15) is 0 Å². The summed E-state index contributed by atoms with van der Waals surface area (Å²) in [7, 11) is 0. The molecule has 0 aromatic carbocycles. The second-order valence-corrected chi connectivity index (χ2v) is 6.11. The van der Waals surface area contributed by atoms with Crippen LogP contribution in [0.25, 0.3) is 0 Å². The molecule has 0 aliphatic rings. The van der Waals surface area contributed by atoms with Crippen LogP contribution in [0.2, 0.25) is 0 Å². The summed E-state index contributed by atoms with van der Waals surface area (Å²) >= 11 is 0. The number of hydrogen-bond acceptors (Lipinski definition) is 2. The first-order valence-corrected chi connectivity index (χ1v) is 8.71. The molecule has 0 N–H and O–H groups in total. The van der Waals surface area contributed by atoms with Crippen LogP contribution in [0.4, 0.5) is 0 Å². The number of esters is 1. The van der Waals surface area contributed by atoms with Gasteiger partial charge in [0.25, 0.3) is 0 Å². The van der Waals surface area contributed by atoms with Crippen molar-refractivity contribution in [3.05, 3.63) is 0 Å². The van der Waals surface area contributed by atoms with E-state index in [0.29, 0.717) is 12.3 Å². The highest BCUT2D eigenvalue weighted by molar-refractivity contribution is 5.69. The van der Waals surface area contributed by atoms with E-state index in [1.54, 1.807) is 0 Å². The van der Waals surface area contributed by atoms with Crippen molar-refractivity contribution in [2.75, 3.05) is 0 Å². The van der Waals surface area contributed by atoms with Crippen molar-refractivity contribution >= 4 is 5.97 Å². The lowest BCUT2D eigenvalue weighted by atomic mass is 10.1. The van der Waals surface area contributed by atoms with Gasteiger partial charge in [-0.25, -0.2) is 0 Å². The highest BCUT2D eigenvalue weighted by atomic mass is 16.5. The maximum absolute atomic E-state index is 11.9. The molecule has 0 spiro atoms. The number of rotatable bonds is 11. The number of ether oxygens (including phenoxy) is 1. The predicted octanol–water partition coefficient (Wildman–Crippen LogP) is 5.11. The Balaban J connectivity index is 3.79. The van der Waals surface area contributed by atoms with Crippen LogP contribution in [0.5, 0.6) is 0 Å². The molecule has 124 valence electrons. The highest BCUT2D eigenvalue weighted by Crippen LogP contribution is 2.12. The fraction of sp³-hybridized carbons (Fsp3) is 0.750. The van der Waals surface area contributed by atoms with Crippen LogP contribution in [-0.4, -0.2) is 12.1 Å². The van der Waals surface area contributed by atoms with E-state index < -0.39 is 0 Å². The lowest BCUT2D eigenvalue weighted by Gasteiger charge is -2.14. The standard InChI is InChI=1S/C20H32O2/c1-5-7-9-10-11-12-13-14-16-20(21)22-19(15-8-6-2)17-18(3)4/h1,18-19H,6-7,9-14,16-17H2,2-4H3. The zero-order chi connectivity index (χ0) is 16.6. The monoisotopic (exact) mass is 304 g/mol. The summed E-state index contributed by atoms with van der Waals surface area (Å²) in [4.78, 5) is 11.9. The zero-order valence-corrected chi connectivity index (χ0v) is 14.6. The molecule has 22 heavy (non-hydrogen) atoms. The van der Waals surface area contributed by atoms with Gasteiger partial charge in [-0.15, -0.1) is 12.3 Å². The summed E-state index contributed by atoms with van der Waals surface area (Å²) in [5.74, 6) is 9.10. The normalized spacial score (nSPS) is 11.4. The van der Waals surface area contributed by atoms with E-state index in [-0.39, 0.29) is 12.1 Å². The van der Waals surface area contributed by atoms with Gasteiger partial charge in [-0.05, 0) is 25.2 Å². The molecule has 0 aliphatic heterocycles. The molecule has 0 aromatic heterocycles. The van der Waals surface area contributed by atoms with Crippen LogP contribution in [0.15, 0.2) is 0 Å². The number of carbonyl (C=O) groups excluding carboxylic acids is 1. The highest BCUT2D eigenvalue weighted by Gasteiger charge is 2.13. The van der Waals surface area contributed by atoms with E-state index in [1.807, 2.05) is 6.92 Å². The van der Waals surface area contributed by atoms with Crippen LogP contribution in [0, 0.1) is 30.1 Å². The van der Waals surface area contributed by atoms with E-state index in [9.17, 15) is 4.79 Å². The number of unbranched alkanes of at least 4 members (excludes halogenated alkanes) is 6. The lowest BCUT2D eigenvalue weighted by Crippen LogP contribution is -2.18. The van der Waals surface area contributed by atoms with E-state index in [1.165, 1.54) is 19.3 Å². The SMILES string of the molecule is C#CCCCCCCCCC(=O)OC(C#CCC)CC(C)C. The summed E-state index contributed by atoms with van der Waals surface area (Å²) in [5, 5.41) is 0. The number of carbonyl (C=O) groups is 1. The Labute approximate surface area is 137 Å². The Morgan fingerprint density at radius 2 is 1.73 bits per heavy atom. The average Bonchev–Trinajstić information content (AvgIpc) is 2.47. The second-order valence-electron chi connectivity index (χ2n) is 6.11. The maximum Gasteiger partial charge on any atom is 0.307 e. The fourth-order valence-corrected chi connectivity index (χ4v) is 2.20. The van der Waals surface area contributed by atoms with Crippen molar-refractivity contribution in [3.63, 3.8) is 0 Å². The van der Waals surface area contributed by atoms with Crippen molar-refractivity contribution in [2.45, 2.75) is 91.1 Å². The smallest absolute Gasteiger partial charge is 0.307 e. The average molecular weight is 304 g/mol. The van der Waals surface area contributed by atoms with E-state index in [4.69, 9.17) is 11.2 Å². The third kappa shape index (κ3) is 13.6. The van der Waals surface area contributed by atoms with Gasteiger partial charge in [0.15, 0.2) is 6.10 Å². The molecule has 2 nitrogen and oxygen atoms in total. The van der Waals surface area contributed by atoms with Crippen molar-refractivity contribution in [3.8, 4) is 24.2 Å². The largest absolute Gasteiger partial charge is 0.449 e. The Hall–Kier alpha value is -1.41. The summed E-state index contributed by atoms with van der Waals surface area (Å²) in [6.07, 6.45) is 14.6. The van der Waals surface area contributed by atoms with E-state index >= 15 is 0 Å². The molecule has 1 atom stereocenters. The third-order valence-corrected chi connectivity index (χ3v) is 3.35. The van der Waals surface area contributed by atoms with Gasteiger partial charge < -0.3 is 4.74 Å². The summed E-state index contributed by atoms with van der Waals surface area (Å²) in [6, 6.07) is 0. The summed E-state index contributed by atoms with van der Waals surface area (Å²) in [5.41, 5.74) is 0. The molecule has 1 unspecified atom stereocenters. The quantitative estimate of drug-likeness (QED) is 0.301. The molecule has 0 heterocycles. The zero-order valence-electron chi connectivity index (χ0n) is 14.6. The van der Waals surface area contributed by atoms with Gasteiger partial charge in [0.1, 0.15) is 0 Å². The van der Waals surface area contributed by atoms with Crippen LogP contribution in [-0.2, 0) is 9.53 Å². The molecule has 0 aromatic rings. The molecule has 0 rings (SSSR count). The maximum atomic E-state index is 11.9. The van der Waals surface area contributed by atoms with Gasteiger partial charge in [0.2, 0.25) is 0 Å². The van der Waals surface area contributed by atoms with Crippen LogP contribution in [0.1, 0.15) is 85.0 Å². The Kier molecular flexibility index (Phi) is 13.6.